The van der Waals surface area contributed by atoms with Crippen LogP contribution in [0, 0.1) is 5.92 Å². The Kier molecular flexibility index (Phi) is 3.96. The van der Waals surface area contributed by atoms with E-state index >= 15 is 0 Å². The average molecular weight is 222 g/mol. The van der Waals surface area contributed by atoms with Gasteiger partial charge in [-0.05, 0) is 30.7 Å². The van der Waals surface area contributed by atoms with E-state index in [0.717, 1.165) is 18.8 Å². The molecule has 0 saturated heterocycles. The van der Waals surface area contributed by atoms with Gasteiger partial charge in [0.05, 0.1) is 6.20 Å². The Morgan fingerprint density at radius 1 is 1.62 bits per heavy atom. The molecule has 1 aromatic rings. The molecule has 1 aliphatic carbocycles. The molecule has 1 heterocycles. The third-order valence-electron chi connectivity index (χ3n) is 3.62. The summed E-state index contributed by atoms with van der Waals surface area (Å²) < 4.78 is 1.85. The molecule has 0 aromatic carbocycles. The normalized spacial score (nSPS) is 18.4. The Morgan fingerprint density at radius 2 is 2.44 bits per heavy atom. The number of nitrogens with one attached hydrogen (secondary N) is 1. The lowest BCUT2D eigenvalue weighted by Gasteiger charge is -2.29. The number of nitrogens with two attached hydrogens (primary N) is 1. The average Bonchev–Trinajstić information content (AvgIpc) is 2.62. The largest absolute Gasteiger partial charge is 0.276 e. The molecule has 4 nitrogen and oxygen atoms in total. The molecule has 1 aliphatic rings. The lowest BCUT2D eigenvalue weighted by molar-refractivity contribution is 0.255. The van der Waals surface area contributed by atoms with Crippen molar-refractivity contribution in [2.24, 2.45) is 18.8 Å². The van der Waals surface area contributed by atoms with Crippen molar-refractivity contribution in [3.63, 3.8) is 0 Å². The summed E-state index contributed by atoms with van der Waals surface area (Å²) in [7, 11) is 1.95. The van der Waals surface area contributed by atoms with Gasteiger partial charge >= 0.3 is 0 Å². The molecule has 90 valence electrons. The fraction of sp³-hybridized carbons (Fsp3) is 0.750. The fourth-order valence-corrected chi connectivity index (χ4v) is 2.34. The standard InChI is InChI=1S/C12H22N4/c1-16-9-11(8-14-16)5-6-12(15-13)7-10-3-2-4-10/h8-10,12,15H,2-7,13H2,1H3. The van der Waals surface area contributed by atoms with Crippen molar-refractivity contribution in [3.05, 3.63) is 18.0 Å². The van der Waals surface area contributed by atoms with Gasteiger partial charge < -0.3 is 0 Å². The molecule has 4 heteroatoms. The number of hydrazine groups is 1. The molecule has 0 bridgehead atoms. The molecule has 1 atom stereocenters. The van der Waals surface area contributed by atoms with Gasteiger partial charge in [-0.3, -0.25) is 16.0 Å². The Morgan fingerprint density at radius 3 is 2.94 bits per heavy atom. The van der Waals surface area contributed by atoms with Crippen LogP contribution in [0.2, 0.25) is 0 Å². The summed E-state index contributed by atoms with van der Waals surface area (Å²) in [5.41, 5.74) is 4.25. The van der Waals surface area contributed by atoms with E-state index in [1.807, 2.05) is 17.9 Å². The van der Waals surface area contributed by atoms with Gasteiger partial charge in [0, 0.05) is 19.3 Å². The van der Waals surface area contributed by atoms with Crippen molar-refractivity contribution in [2.75, 3.05) is 0 Å². The molecule has 16 heavy (non-hydrogen) atoms. The number of hydrogen-bond donors (Lipinski definition) is 2. The highest BCUT2D eigenvalue weighted by Crippen LogP contribution is 2.31. The van der Waals surface area contributed by atoms with Crippen molar-refractivity contribution >= 4 is 0 Å². The zero-order valence-electron chi connectivity index (χ0n) is 10.0. The Labute approximate surface area is 97.2 Å². The van der Waals surface area contributed by atoms with E-state index in [1.165, 1.54) is 31.2 Å². The van der Waals surface area contributed by atoms with Crippen molar-refractivity contribution < 1.29 is 0 Å². The van der Waals surface area contributed by atoms with Crippen LogP contribution in [0.3, 0.4) is 0 Å². The predicted octanol–water partition coefficient (Wildman–Crippen LogP) is 1.37. The Hall–Kier alpha value is -0.870. The van der Waals surface area contributed by atoms with E-state index in [4.69, 9.17) is 5.84 Å². The van der Waals surface area contributed by atoms with Crippen LogP contribution in [0.15, 0.2) is 12.4 Å². The summed E-state index contributed by atoms with van der Waals surface area (Å²) in [6.07, 6.45) is 11.6. The monoisotopic (exact) mass is 222 g/mol. The highest BCUT2D eigenvalue weighted by molar-refractivity contribution is 5.04. The number of nitrogens with zero attached hydrogens (tertiary/aromatic N) is 2. The molecular weight excluding hydrogens is 200 g/mol. The maximum atomic E-state index is 5.60. The molecule has 1 fully saturated rings. The smallest absolute Gasteiger partial charge is 0.0521 e. The minimum Gasteiger partial charge on any atom is -0.276 e. The van der Waals surface area contributed by atoms with Gasteiger partial charge in [-0.2, -0.15) is 5.10 Å². The number of hydrogen-bond acceptors (Lipinski definition) is 3. The lowest BCUT2D eigenvalue weighted by atomic mass is 9.80. The third kappa shape index (κ3) is 3.06. The topological polar surface area (TPSA) is 55.9 Å². The molecule has 0 radical (unpaired) electrons. The highest BCUT2D eigenvalue weighted by Gasteiger charge is 2.21. The first-order valence-corrected chi connectivity index (χ1v) is 6.21. The summed E-state index contributed by atoms with van der Waals surface area (Å²) >= 11 is 0. The molecular formula is C12H22N4. The van der Waals surface area contributed by atoms with E-state index < -0.39 is 0 Å². The third-order valence-corrected chi connectivity index (χ3v) is 3.62. The van der Waals surface area contributed by atoms with Gasteiger partial charge in [-0.1, -0.05) is 19.3 Å². The van der Waals surface area contributed by atoms with Gasteiger partial charge in [0.2, 0.25) is 0 Å². The van der Waals surface area contributed by atoms with Gasteiger partial charge in [0.25, 0.3) is 0 Å². The van der Waals surface area contributed by atoms with Gasteiger partial charge in [-0.15, -0.1) is 0 Å². The van der Waals surface area contributed by atoms with Crippen LogP contribution in [0.25, 0.3) is 0 Å². The molecule has 0 amide bonds. The first-order valence-electron chi connectivity index (χ1n) is 6.21. The van der Waals surface area contributed by atoms with Crippen molar-refractivity contribution in [3.8, 4) is 0 Å². The zero-order valence-corrected chi connectivity index (χ0v) is 10.0. The summed E-state index contributed by atoms with van der Waals surface area (Å²) in [5, 5.41) is 4.17. The summed E-state index contributed by atoms with van der Waals surface area (Å²) in [4.78, 5) is 0. The minimum atomic E-state index is 0.463. The molecule has 3 N–H and O–H groups in total. The predicted molar refractivity (Wildman–Crippen MR) is 64.6 cm³/mol. The van der Waals surface area contributed by atoms with E-state index in [9.17, 15) is 0 Å². The summed E-state index contributed by atoms with van der Waals surface area (Å²) in [6, 6.07) is 0.463. The first kappa shape index (κ1) is 11.6. The molecule has 0 spiro atoms. The zero-order chi connectivity index (χ0) is 11.4. The minimum absolute atomic E-state index is 0.463. The second kappa shape index (κ2) is 5.46. The van der Waals surface area contributed by atoms with Crippen molar-refractivity contribution in [2.45, 2.75) is 44.6 Å². The quantitative estimate of drug-likeness (QED) is 0.564. The van der Waals surface area contributed by atoms with Gasteiger partial charge in [0.15, 0.2) is 0 Å². The lowest BCUT2D eigenvalue weighted by Crippen LogP contribution is -2.38. The van der Waals surface area contributed by atoms with Crippen LogP contribution in [0.5, 0.6) is 0 Å². The highest BCUT2D eigenvalue weighted by atomic mass is 15.2. The van der Waals surface area contributed by atoms with Crippen molar-refractivity contribution in [1.82, 2.24) is 15.2 Å². The molecule has 1 aromatic heterocycles. The van der Waals surface area contributed by atoms with E-state index in [1.54, 1.807) is 0 Å². The van der Waals surface area contributed by atoms with Crippen LogP contribution < -0.4 is 11.3 Å². The summed E-state index contributed by atoms with van der Waals surface area (Å²) in [6.45, 7) is 0. The molecule has 0 aliphatic heterocycles. The molecule has 2 rings (SSSR count). The van der Waals surface area contributed by atoms with E-state index in [2.05, 4.69) is 16.7 Å². The van der Waals surface area contributed by atoms with Crippen LogP contribution in [-0.2, 0) is 13.5 Å². The number of aryl methyl sites for hydroxylation is 2. The SMILES string of the molecule is Cn1cc(CCC(CC2CCC2)NN)cn1. The van der Waals surface area contributed by atoms with Crippen LogP contribution in [0.1, 0.15) is 37.7 Å². The van der Waals surface area contributed by atoms with Crippen LogP contribution >= 0.6 is 0 Å². The van der Waals surface area contributed by atoms with E-state index in [-0.39, 0.29) is 0 Å². The Balaban J connectivity index is 1.73. The molecule has 1 unspecified atom stereocenters. The second-order valence-electron chi connectivity index (χ2n) is 4.96. The summed E-state index contributed by atoms with van der Waals surface area (Å²) in [5.74, 6) is 6.51. The van der Waals surface area contributed by atoms with Crippen LogP contribution in [-0.4, -0.2) is 15.8 Å². The van der Waals surface area contributed by atoms with Crippen molar-refractivity contribution in [1.29, 1.82) is 0 Å². The Bertz CT molecular complexity index is 317. The van der Waals surface area contributed by atoms with Gasteiger partial charge in [0.1, 0.15) is 0 Å². The fourth-order valence-electron chi connectivity index (χ4n) is 2.34. The van der Waals surface area contributed by atoms with Crippen LogP contribution in [0.4, 0.5) is 0 Å². The maximum absolute atomic E-state index is 5.60. The number of rotatable bonds is 6. The maximum Gasteiger partial charge on any atom is 0.0521 e. The second-order valence-corrected chi connectivity index (χ2v) is 4.96. The number of aromatic nitrogens is 2. The first-order chi connectivity index (χ1) is 7.78. The van der Waals surface area contributed by atoms with E-state index in [0.29, 0.717) is 6.04 Å². The van der Waals surface area contributed by atoms with Gasteiger partial charge in [-0.25, -0.2) is 0 Å². The molecule has 1 saturated carbocycles.